The molecule has 1 aliphatic heterocycles. The Labute approximate surface area is 149 Å². The Morgan fingerprint density at radius 1 is 1.28 bits per heavy atom. The van der Waals surface area contributed by atoms with Crippen molar-refractivity contribution in [3.63, 3.8) is 0 Å². The Morgan fingerprint density at radius 2 is 1.96 bits per heavy atom. The topological polar surface area (TPSA) is 93.7 Å². The van der Waals surface area contributed by atoms with Gasteiger partial charge in [0, 0.05) is 19.2 Å². The van der Waals surface area contributed by atoms with Crippen molar-refractivity contribution in [3.05, 3.63) is 24.3 Å². The molecule has 1 aromatic rings. The summed E-state index contributed by atoms with van der Waals surface area (Å²) < 4.78 is 38.1. The molecule has 140 valence electrons. The van der Waals surface area contributed by atoms with E-state index in [4.69, 9.17) is 9.47 Å². The van der Waals surface area contributed by atoms with Crippen molar-refractivity contribution in [3.8, 4) is 5.75 Å². The molecule has 2 N–H and O–H groups in total. The van der Waals surface area contributed by atoms with Gasteiger partial charge in [0.05, 0.1) is 11.0 Å². The third-order valence-corrected chi connectivity index (χ3v) is 5.21. The lowest BCUT2D eigenvalue weighted by Gasteiger charge is -2.16. The molecule has 8 heteroatoms. The van der Waals surface area contributed by atoms with Gasteiger partial charge >= 0.3 is 0 Å². The van der Waals surface area contributed by atoms with Crippen LogP contribution in [0.25, 0.3) is 0 Å². The van der Waals surface area contributed by atoms with Crippen molar-refractivity contribution >= 4 is 15.9 Å². The molecule has 1 aromatic carbocycles. The van der Waals surface area contributed by atoms with Crippen molar-refractivity contribution in [2.45, 2.75) is 56.8 Å². The fourth-order valence-corrected chi connectivity index (χ4v) is 3.51. The SMILES string of the molecule is CC(C)NC(=O)C(C)Oc1ccc(S(=O)(=O)NCC2CCCO2)cc1. The average molecular weight is 370 g/mol. The van der Waals surface area contributed by atoms with Crippen molar-refractivity contribution in [1.29, 1.82) is 0 Å². The van der Waals surface area contributed by atoms with E-state index in [0.29, 0.717) is 12.4 Å². The highest BCUT2D eigenvalue weighted by molar-refractivity contribution is 7.89. The fraction of sp³-hybridized carbons (Fsp3) is 0.588. The van der Waals surface area contributed by atoms with Gasteiger partial charge in [0.15, 0.2) is 6.10 Å². The molecule has 0 spiro atoms. The van der Waals surface area contributed by atoms with Crippen LogP contribution >= 0.6 is 0 Å². The lowest BCUT2D eigenvalue weighted by molar-refractivity contribution is -0.127. The summed E-state index contributed by atoms with van der Waals surface area (Å²) >= 11 is 0. The molecule has 2 atom stereocenters. The summed E-state index contributed by atoms with van der Waals surface area (Å²) in [5, 5.41) is 2.76. The van der Waals surface area contributed by atoms with Gasteiger partial charge in [-0.1, -0.05) is 0 Å². The van der Waals surface area contributed by atoms with Crippen LogP contribution in [-0.4, -0.2) is 45.7 Å². The van der Waals surface area contributed by atoms with Crippen LogP contribution in [0.4, 0.5) is 0 Å². The molecule has 1 heterocycles. The molecule has 25 heavy (non-hydrogen) atoms. The number of amides is 1. The number of hydrogen-bond donors (Lipinski definition) is 2. The first kappa shape index (κ1) is 19.7. The lowest BCUT2D eigenvalue weighted by Crippen LogP contribution is -2.40. The van der Waals surface area contributed by atoms with Crippen LogP contribution in [-0.2, 0) is 19.6 Å². The highest BCUT2D eigenvalue weighted by Gasteiger charge is 2.21. The maximum Gasteiger partial charge on any atom is 0.260 e. The summed E-state index contributed by atoms with van der Waals surface area (Å²) in [7, 11) is -3.59. The highest BCUT2D eigenvalue weighted by Crippen LogP contribution is 2.18. The van der Waals surface area contributed by atoms with Crippen LogP contribution in [0.2, 0.25) is 0 Å². The first-order valence-corrected chi connectivity index (χ1v) is 9.94. The molecule has 7 nitrogen and oxygen atoms in total. The van der Waals surface area contributed by atoms with E-state index in [1.807, 2.05) is 13.8 Å². The second-order valence-corrected chi connectivity index (χ2v) is 8.15. The molecule has 0 saturated carbocycles. The van der Waals surface area contributed by atoms with Crippen LogP contribution in [0.1, 0.15) is 33.6 Å². The van der Waals surface area contributed by atoms with Crippen LogP contribution in [0, 0.1) is 0 Å². The number of benzene rings is 1. The van der Waals surface area contributed by atoms with E-state index in [-0.39, 0.29) is 29.5 Å². The Balaban J connectivity index is 1.92. The van der Waals surface area contributed by atoms with Crippen molar-refractivity contribution in [1.82, 2.24) is 10.0 Å². The predicted octanol–water partition coefficient (Wildman–Crippen LogP) is 1.44. The molecule has 1 saturated heterocycles. The molecule has 0 aromatic heterocycles. The molecular formula is C17H26N2O5S. The van der Waals surface area contributed by atoms with Gasteiger partial charge in [-0.3, -0.25) is 4.79 Å². The van der Waals surface area contributed by atoms with Crippen LogP contribution < -0.4 is 14.8 Å². The van der Waals surface area contributed by atoms with Gasteiger partial charge in [0.25, 0.3) is 5.91 Å². The first-order chi connectivity index (χ1) is 11.8. The van der Waals surface area contributed by atoms with Crippen LogP contribution in [0.3, 0.4) is 0 Å². The number of hydrogen-bond acceptors (Lipinski definition) is 5. The molecule has 1 fully saturated rings. The van der Waals surface area contributed by atoms with Gasteiger partial charge in [-0.2, -0.15) is 0 Å². The highest BCUT2D eigenvalue weighted by atomic mass is 32.2. The fourth-order valence-electron chi connectivity index (χ4n) is 2.45. The van der Waals surface area contributed by atoms with Gasteiger partial charge < -0.3 is 14.8 Å². The van der Waals surface area contributed by atoms with Gasteiger partial charge in [-0.25, -0.2) is 13.1 Å². The molecule has 2 unspecified atom stereocenters. The Bertz CT molecular complexity index is 667. The van der Waals surface area contributed by atoms with E-state index in [2.05, 4.69) is 10.0 Å². The van der Waals surface area contributed by atoms with Gasteiger partial charge in [0.2, 0.25) is 10.0 Å². The molecule has 2 rings (SSSR count). The Hall–Kier alpha value is -1.64. The molecular weight excluding hydrogens is 344 g/mol. The second-order valence-electron chi connectivity index (χ2n) is 6.38. The Kier molecular flexibility index (Phi) is 6.80. The summed E-state index contributed by atoms with van der Waals surface area (Å²) in [4.78, 5) is 12.0. The van der Waals surface area contributed by atoms with Crippen molar-refractivity contribution in [2.24, 2.45) is 0 Å². The van der Waals surface area contributed by atoms with Crippen molar-refractivity contribution in [2.75, 3.05) is 13.2 Å². The van der Waals surface area contributed by atoms with E-state index in [0.717, 1.165) is 12.8 Å². The van der Waals surface area contributed by atoms with Crippen LogP contribution in [0.15, 0.2) is 29.2 Å². The number of carbonyl (C=O) groups is 1. The van der Waals surface area contributed by atoms with E-state index in [1.54, 1.807) is 19.1 Å². The zero-order valence-corrected chi connectivity index (χ0v) is 15.6. The summed E-state index contributed by atoms with van der Waals surface area (Å²) in [6, 6.07) is 6.03. The molecule has 0 aliphatic carbocycles. The van der Waals surface area contributed by atoms with E-state index in [1.165, 1.54) is 12.1 Å². The number of sulfonamides is 1. The third kappa shape index (κ3) is 5.98. The Morgan fingerprint density at radius 3 is 2.52 bits per heavy atom. The first-order valence-electron chi connectivity index (χ1n) is 8.46. The maximum atomic E-state index is 12.3. The number of carbonyl (C=O) groups excluding carboxylic acids is 1. The van der Waals surface area contributed by atoms with Crippen LogP contribution in [0.5, 0.6) is 5.75 Å². The minimum atomic E-state index is -3.59. The van der Waals surface area contributed by atoms with Crippen molar-refractivity contribution < 1.29 is 22.7 Å². The number of rotatable bonds is 8. The summed E-state index contributed by atoms with van der Waals surface area (Å²) in [6.07, 6.45) is 1.10. The van der Waals surface area contributed by atoms with Gasteiger partial charge in [-0.05, 0) is 57.9 Å². The van der Waals surface area contributed by atoms with Gasteiger partial charge in [0.1, 0.15) is 5.75 Å². The van der Waals surface area contributed by atoms with E-state index < -0.39 is 16.1 Å². The molecule has 1 amide bonds. The monoisotopic (exact) mass is 370 g/mol. The zero-order chi connectivity index (χ0) is 18.4. The molecule has 0 bridgehead atoms. The zero-order valence-electron chi connectivity index (χ0n) is 14.8. The quantitative estimate of drug-likeness (QED) is 0.722. The van der Waals surface area contributed by atoms with E-state index in [9.17, 15) is 13.2 Å². The number of nitrogens with one attached hydrogen (secondary N) is 2. The number of ether oxygens (including phenoxy) is 2. The minimum Gasteiger partial charge on any atom is -0.481 e. The maximum absolute atomic E-state index is 12.3. The summed E-state index contributed by atoms with van der Waals surface area (Å²) in [5.74, 6) is 0.217. The minimum absolute atomic E-state index is 0.0287. The normalized spacial score (nSPS) is 19.0. The average Bonchev–Trinajstić information content (AvgIpc) is 3.06. The van der Waals surface area contributed by atoms with E-state index >= 15 is 0 Å². The summed E-state index contributed by atoms with van der Waals surface area (Å²) in [6.45, 7) is 6.33. The van der Waals surface area contributed by atoms with Gasteiger partial charge in [-0.15, -0.1) is 0 Å². The summed E-state index contributed by atoms with van der Waals surface area (Å²) in [5.41, 5.74) is 0. The predicted molar refractivity (Wildman–Crippen MR) is 94.0 cm³/mol. The second kappa shape index (κ2) is 8.64. The standard InChI is InChI=1S/C17H26N2O5S/c1-12(2)19-17(20)13(3)24-14-6-8-16(9-7-14)25(21,22)18-11-15-5-4-10-23-15/h6-9,12-13,15,18H,4-5,10-11H2,1-3H3,(H,19,20). The largest absolute Gasteiger partial charge is 0.481 e. The lowest BCUT2D eigenvalue weighted by atomic mass is 10.2. The molecule has 0 radical (unpaired) electrons. The third-order valence-electron chi connectivity index (χ3n) is 3.77. The smallest absolute Gasteiger partial charge is 0.260 e. The molecule has 1 aliphatic rings.